The molecule has 2 aliphatic carbocycles. The highest BCUT2D eigenvalue weighted by Crippen LogP contribution is 2.64. The summed E-state index contributed by atoms with van der Waals surface area (Å²) in [4.78, 5) is 11.8. The number of aromatic carboxylic acids is 1. The van der Waals surface area contributed by atoms with Crippen LogP contribution in [-0.4, -0.2) is 11.1 Å². The maximum Gasteiger partial charge on any atom is 0.337 e. The van der Waals surface area contributed by atoms with Gasteiger partial charge in [-0.1, -0.05) is 35.9 Å². The number of carboxylic acid groups (broad SMARTS) is 1. The molecule has 2 N–H and O–H groups in total. The van der Waals surface area contributed by atoms with Gasteiger partial charge in [0, 0.05) is 0 Å². The molecule has 3 nitrogen and oxygen atoms in total. The fourth-order valence-electron chi connectivity index (χ4n) is 6.10. The van der Waals surface area contributed by atoms with Gasteiger partial charge in [0.15, 0.2) is 0 Å². The SMILES string of the molecule is Cc1ccc(C)c([C@@H]2Nc3c(C(=O)O)cccc3[C@@H]3[C@H]4CC[C@@H](C4)[C@H]32)c1. The highest BCUT2D eigenvalue weighted by Gasteiger charge is 2.54. The number of benzene rings is 2. The van der Waals surface area contributed by atoms with Gasteiger partial charge >= 0.3 is 5.97 Å². The van der Waals surface area contributed by atoms with Crippen molar-refractivity contribution in [1.29, 1.82) is 0 Å². The van der Waals surface area contributed by atoms with Gasteiger partial charge < -0.3 is 10.4 Å². The van der Waals surface area contributed by atoms with Gasteiger partial charge in [0.1, 0.15) is 0 Å². The van der Waals surface area contributed by atoms with E-state index in [-0.39, 0.29) is 6.04 Å². The van der Waals surface area contributed by atoms with Crippen molar-refractivity contribution in [1.82, 2.24) is 0 Å². The molecule has 2 fully saturated rings. The Kier molecular flexibility index (Phi) is 3.43. The summed E-state index contributed by atoms with van der Waals surface area (Å²) in [5.41, 5.74) is 6.43. The molecule has 0 unspecified atom stereocenters. The Morgan fingerprint density at radius 1 is 1.08 bits per heavy atom. The molecule has 3 aliphatic rings. The van der Waals surface area contributed by atoms with E-state index in [4.69, 9.17) is 0 Å². The second kappa shape index (κ2) is 5.60. The zero-order chi connectivity index (χ0) is 18.0. The summed E-state index contributed by atoms with van der Waals surface area (Å²) in [7, 11) is 0. The van der Waals surface area contributed by atoms with Crippen molar-refractivity contribution in [2.24, 2.45) is 17.8 Å². The smallest absolute Gasteiger partial charge is 0.337 e. The summed E-state index contributed by atoms with van der Waals surface area (Å²) in [5, 5.41) is 13.4. The molecule has 0 radical (unpaired) electrons. The summed E-state index contributed by atoms with van der Waals surface area (Å²) in [6, 6.07) is 12.7. The summed E-state index contributed by atoms with van der Waals surface area (Å²) in [5.74, 6) is 1.70. The molecule has 134 valence electrons. The van der Waals surface area contributed by atoms with Gasteiger partial charge in [0.05, 0.1) is 17.3 Å². The average Bonchev–Trinajstić information content (AvgIpc) is 3.25. The average molecular weight is 347 g/mol. The minimum atomic E-state index is -0.837. The van der Waals surface area contributed by atoms with Crippen molar-refractivity contribution in [3.05, 3.63) is 64.2 Å². The normalized spacial score (nSPS) is 31.2. The number of anilines is 1. The summed E-state index contributed by atoms with van der Waals surface area (Å²) >= 11 is 0. The third-order valence-electron chi connectivity index (χ3n) is 7.12. The first kappa shape index (κ1) is 15.9. The quantitative estimate of drug-likeness (QED) is 0.775. The Morgan fingerprint density at radius 3 is 2.69 bits per heavy atom. The van der Waals surface area contributed by atoms with Crippen LogP contribution in [0.5, 0.6) is 0 Å². The van der Waals surface area contributed by atoms with E-state index in [1.807, 2.05) is 6.07 Å². The Morgan fingerprint density at radius 2 is 1.88 bits per heavy atom. The van der Waals surface area contributed by atoms with Crippen molar-refractivity contribution in [2.75, 3.05) is 5.32 Å². The van der Waals surface area contributed by atoms with Gasteiger partial charge in [-0.05, 0) is 79.5 Å². The molecule has 2 aromatic carbocycles. The van der Waals surface area contributed by atoms with Gasteiger partial charge in [-0.25, -0.2) is 4.79 Å². The number of rotatable bonds is 2. The maximum absolute atomic E-state index is 11.8. The first-order valence-electron chi connectivity index (χ1n) is 9.74. The number of aryl methyl sites for hydroxylation is 2. The lowest BCUT2D eigenvalue weighted by Crippen LogP contribution is -2.36. The van der Waals surface area contributed by atoms with Crippen molar-refractivity contribution < 1.29 is 9.90 Å². The van der Waals surface area contributed by atoms with E-state index in [0.717, 1.165) is 11.6 Å². The molecule has 2 aromatic rings. The van der Waals surface area contributed by atoms with Crippen LogP contribution in [0, 0.1) is 31.6 Å². The van der Waals surface area contributed by atoms with E-state index in [0.29, 0.717) is 23.3 Å². The minimum absolute atomic E-state index is 0.211. The van der Waals surface area contributed by atoms with Crippen molar-refractivity contribution in [3.8, 4) is 0 Å². The highest BCUT2D eigenvalue weighted by atomic mass is 16.4. The summed E-state index contributed by atoms with van der Waals surface area (Å²) in [6.07, 6.45) is 3.92. The fraction of sp³-hybridized carbons (Fsp3) is 0.435. The Bertz CT molecular complexity index is 903. The lowest BCUT2D eigenvalue weighted by Gasteiger charge is -2.44. The zero-order valence-corrected chi connectivity index (χ0v) is 15.3. The number of nitrogens with one attached hydrogen (secondary N) is 1. The van der Waals surface area contributed by atoms with Crippen LogP contribution >= 0.6 is 0 Å². The van der Waals surface area contributed by atoms with Crippen LogP contribution < -0.4 is 5.32 Å². The molecule has 1 heterocycles. The number of carboxylic acids is 1. The highest BCUT2D eigenvalue weighted by molar-refractivity contribution is 5.95. The van der Waals surface area contributed by atoms with Crippen LogP contribution in [0.2, 0.25) is 0 Å². The van der Waals surface area contributed by atoms with Gasteiger partial charge in [-0.15, -0.1) is 0 Å². The first-order valence-corrected chi connectivity index (χ1v) is 9.74. The van der Waals surface area contributed by atoms with Gasteiger partial charge in [0.2, 0.25) is 0 Å². The largest absolute Gasteiger partial charge is 0.478 e. The minimum Gasteiger partial charge on any atom is -0.478 e. The molecule has 0 aromatic heterocycles. The molecule has 2 bridgehead atoms. The molecule has 0 amide bonds. The third kappa shape index (κ3) is 2.16. The van der Waals surface area contributed by atoms with Gasteiger partial charge in [-0.2, -0.15) is 0 Å². The molecular formula is C23H25NO2. The van der Waals surface area contributed by atoms with E-state index in [9.17, 15) is 9.90 Å². The van der Waals surface area contributed by atoms with E-state index in [2.05, 4.69) is 43.4 Å². The van der Waals surface area contributed by atoms with Crippen LogP contribution in [0.15, 0.2) is 36.4 Å². The lowest BCUT2D eigenvalue weighted by molar-refractivity contribution is 0.0697. The van der Waals surface area contributed by atoms with Gasteiger partial charge in [0.25, 0.3) is 0 Å². The monoisotopic (exact) mass is 347 g/mol. The number of fused-ring (bicyclic) bond motifs is 7. The predicted molar refractivity (Wildman–Crippen MR) is 103 cm³/mol. The summed E-state index contributed by atoms with van der Waals surface area (Å²) < 4.78 is 0. The molecule has 1 aliphatic heterocycles. The molecule has 0 spiro atoms. The van der Waals surface area contributed by atoms with E-state index < -0.39 is 5.97 Å². The summed E-state index contributed by atoms with van der Waals surface area (Å²) in [6.45, 7) is 4.32. The molecule has 2 saturated carbocycles. The van der Waals surface area contributed by atoms with Crippen LogP contribution in [0.4, 0.5) is 5.69 Å². The number of hydrogen-bond acceptors (Lipinski definition) is 2. The Labute approximate surface area is 154 Å². The van der Waals surface area contributed by atoms with Crippen molar-refractivity contribution in [3.63, 3.8) is 0 Å². The van der Waals surface area contributed by atoms with Crippen molar-refractivity contribution >= 4 is 11.7 Å². The van der Waals surface area contributed by atoms with Crippen LogP contribution in [0.1, 0.15) is 63.8 Å². The van der Waals surface area contributed by atoms with E-state index in [1.165, 1.54) is 41.5 Å². The van der Waals surface area contributed by atoms with Gasteiger partial charge in [-0.3, -0.25) is 0 Å². The zero-order valence-electron chi connectivity index (χ0n) is 15.3. The van der Waals surface area contributed by atoms with E-state index >= 15 is 0 Å². The van der Waals surface area contributed by atoms with Crippen LogP contribution in [-0.2, 0) is 0 Å². The molecule has 3 heteroatoms. The Hall–Kier alpha value is -2.29. The number of hydrogen-bond donors (Lipinski definition) is 2. The molecular weight excluding hydrogens is 322 g/mol. The molecule has 26 heavy (non-hydrogen) atoms. The molecule has 0 saturated heterocycles. The van der Waals surface area contributed by atoms with Crippen LogP contribution in [0.25, 0.3) is 0 Å². The van der Waals surface area contributed by atoms with E-state index in [1.54, 1.807) is 6.07 Å². The van der Waals surface area contributed by atoms with Crippen molar-refractivity contribution in [2.45, 2.75) is 45.1 Å². The number of para-hydroxylation sites is 1. The third-order valence-corrected chi connectivity index (χ3v) is 7.12. The lowest BCUT2D eigenvalue weighted by atomic mass is 9.67. The topological polar surface area (TPSA) is 49.3 Å². The Balaban J connectivity index is 1.70. The molecule has 5 atom stereocenters. The standard InChI is InChI=1S/C23H25NO2/c1-12-6-7-13(2)18(10-12)22-20-15-9-8-14(11-15)19(20)16-4-3-5-17(23(25)26)21(16)24-22/h3-7,10,14-15,19-20,22,24H,8-9,11H2,1-2H3,(H,25,26)/t14-,15-,19-,20+,22-/m0/s1. The maximum atomic E-state index is 11.8. The molecule has 5 rings (SSSR count). The second-order valence-corrected chi connectivity index (χ2v) is 8.49. The number of carbonyl (C=O) groups is 1. The first-order chi connectivity index (χ1) is 12.5. The predicted octanol–water partition coefficient (Wildman–Crippen LogP) is 5.30. The fourth-order valence-corrected chi connectivity index (χ4v) is 6.10. The second-order valence-electron chi connectivity index (χ2n) is 8.49. The van der Waals surface area contributed by atoms with Crippen LogP contribution in [0.3, 0.4) is 0 Å².